The first kappa shape index (κ1) is 23.5. The molecule has 0 radical (unpaired) electrons. The molecule has 0 saturated heterocycles. The van der Waals surface area contributed by atoms with Gasteiger partial charge in [-0.15, -0.1) is 0 Å². The minimum absolute atomic E-state index is 0.630. The van der Waals surface area contributed by atoms with E-state index < -0.39 is 0 Å². The summed E-state index contributed by atoms with van der Waals surface area (Å²) in [7, 11) is 0. The van der Waals surface area contributed by atoms with E-state index in [2.05, 4.69) is 108 Å². The van der Waals surface area contributed by atoms with Gasteiger partial charge in [0.05, 0.1) is 39.8 Å². The molecular formula is C40H21N3. The molecule has 0 spiro atoms. The van der Waals surface area contributed by atoms with Crippen molar-refractivity contribution in [2.24, 2.45) is 0 Å². The lowest BCUT2D eigenvalue weighted by Gasteiger charge is -2.11. The van der Waals surface area contributed by atoms with Crippen LogP contribution in [0.4, 0.5) is 0 Å². The summed E-state index contributed by atoms with van der Waals surface area (Å²) in [4.78, 5) is 0. The highest BCUT2D eigenvalue weighted by Gasteiger charge is 2.22. The molecule has 0 aliphatic carbocycles. The molecule has 0 amide bonds. The van der Waals surface area contributed by atoms with Gasteiger partial charge in [0.15, 0.2) is 0 Å². The van der Waals surface area contributed by atoms with E-state index in [1.165, 1.54) is 0 Å². The number of para-hydroxylation sites is 1. The standard InChI is InChI=1S/C40H21N3/c41-22-26-18-38-36(20-34(26)30-14-5-10-24-8-1-3-12-28(24)30)32-16-7-17-33-37-21-35(27(23-42)19-39(37)43(38)40(32)33)31-15-6-11-25-9-2-4-13-29(25)31/h1-21H. The first-order chi connectivity index (χ1) is 21.2. The summed E-state index contributed by atoms with van der Waals surface area (Å²) in [6.45, 7) is 0. The Kier molecular flexibility index (Phi) is 4.74. The summed E-state index contributed by atoms with van der Waals surface area (Å²) in [5.41, 5.74) is 8.30. The van der Waals surface area contributed by atoms with Crippen molar-refractivity contribution in [3.05, 3.63) is 139 Å². The highest BCUT2D eigenvalue weighted by atomic mass is 14.9. The van der Waals surface area contributed by atoms with Crippen LogP contribution < -0.4 is 0 Å². The summed E-state index contributed by atoms with van der Waals surface area (Å²) >= 11 is 0. The monoisotopic (exact) mass is 543 g/mol. The van der Waals surface area contributed by atoms with Crippen molar-refractivity contribution in [1.29, 1.82) is 10.5 Å². The van der Waals surface area contributed by atoms with Gasteiger partial charge in [0.1, 0.15) is 0 Å². The summed E-state index contributed by atoms with van der Waals surface area (Å²) in [6.07, 6.45) is 0. The second kappa shape index (κ2) is 8.67. The normalized spacial score (nSPS) is 11.7. The molecule has 0 N–H and O–H groups in total. The number of nitrogens with zero attached hydrogens (tertiary/aromatic N) is 3. The van der Waals surface area contributed by atoms with Crippen LogP contribution in [0, 0.1) is 22.7 Å². The lowest BCUT2D eigenvalue weighted by atomic mass is 9.92. The minimum atomic E-state index is 0.630. The molecule has 3 heteroatoms. The maximum Gasteiger partial charge on any atom is 0.0998 e. The van der Waals surface area contributed by atoms with Gasteiger partial charge in [-0.25, -0.2) is 0 Å². The van der Waals surface area contributed by atoms with E-state index >= 15 is 0 Å². The highest BCUT2D eigenvalue weighted by molar-refractivity contribution is 6.24. The van der Waals surface area contributed by atoms with Crippen molar-refractivity contribution in [3.8, 4) is 34.4 Å². The van der Waals surface area contributed by atoms with Crippen molar-refractivity contribution in [2.75, 3.05) is 0 Å². The van der Waals surface area contributed by atoms with Crippen LogP contribution in [-0.4, -0.2) is 4.40 Å². The third-order valence-electron chi connectivity index (χ3n) is 8.99. The Hall–Kier alpha value is -6.16. The molecule has 9 rings (SSSR count). The molecule has 7 aromatic carbocycles. The maximum atomic E-state index is 10.4. The third-order valence-corrected chi connectivity index (χ3v) is 8.99. The molecule has 0 atom stereocenters. The summed E-state index contributed by atoms with van der Waals surface area (Å²) in [5.74, 6) is 0. The Bertz CT molecular complexity index is 2500. The van der Waals surface area contributed by atoms with Crippen LogP contribution in [0.15, 0.2) is 127 Å². The fraction of sp³-hybridized carbons (Fsp3) is 0. The molecule has 0 unspecified atom stereocenters. The van der Waals surface area contributed by atoms with Crippen LogP contribution in [0.1, 0.15) is 11.1 Å². The quantitative estimate of drug-likeness (QED) is 0.218. The van der Waals surface area contributed by atoms with Crippen molar-refractivity contribution in [2.45, 2.75) is 0 Å². The molecular weight excluding hydrogens is 522 g/mol. The third kappa shape index (κ3) is 3.17. The van der Waals surface area contributed by atoms with E-state index in [1.54, 1.807) is 0 Å². The zero-order chi connectivity index (χ0) is 28.7. The first-order valence-corrected chi connectivity index (χ1v) is 14.3. The zero-order valence-corrected chi connectivity index (χ0v) is 23.0. The maximum absolute atomic E-state index is 10.4. The van der Waals surface area contributed by atoms with Crippen molar-refractivity contribution < 1.29 is 0 Å². The van der Waals surface area contributed by atoms with Crippen LogP contribution in [-0.2, 0) is 0 Å². The van der Waals surface area contributed by atoms with Crippen LogP contribution in [0.5, 0.6) is 0 Å². The number of fused-ring (bicyclic) bond motifs is 8. The predicted octanol–water partition coefficient (Wildman–Crippen LogP) is 10.2. The molecule has 0 aliphatic heterocycles. The Morgan fingerprint density at radius 1 is 0.395 bits per heavy atom. The van der Waals surface area contributed by atoms with Crippen LogP contribution in [0.2, 0.25) is 0 Å². The van der Waals surface area contributed by atoms with E-state index in [9.17, 15) is 10.5 Å². The first-order valence-electron chi connectivity index (χ1n) is 14.3. The van der Waals surface area contributed by atoms with Crippen molar-refractivity contribution in [3.63, 3.8) is 0 Å². The van der Waals surface area contributed by atoms with Gasteiger partial charge in [0.25, 0.3) is 0 Å². The van der Waals surface area contributed by atoms with E-state index in [1.807, 2.05) is 36.4 Å². The number of nitriles is 2. The van der Waals surface area contributed by atoms with Crippen LogP contribution in [0.3, 0.4) is 0 Å². The van der Waals surface area contributed by atoms with Gasteiger partial charge in [-0.3, -0.25) is 0 Å². The summed E-state index contributed by atoms with van der Waals surface area (Å²) in [5, 5.41) is 29.8. The van der Waals surface area contributed by atoms with Crippen molar-refractivity contribution >= 4 is 59.6 Å². The fourth-order valence-corrected chi connectivity index (χ4v) is 7.12. The Morgan fingerprint density at radius 2 is 0.814 bits per heavy atom. The second-order valence-electron chi connectivity index (χ2n) is 11.1. The molecule has 0 fully saturated rings. The lowest BCUT2D eigenvalue weighted by molar-refractivity contribution is 1.36. The van der Waals surface area contributed by atoms with E-state index in [0.29, 0.717) is 11.1 Å². The van der Waals surface area contributed by atoms with Gasteiger partial charge < -0.3 is 4.40 Å². The number of hydrogen-bond donors (Lipinski definition) is 0. The molecule has 196 valence electrons. The van der Waals surface area contributed by atoms with Gasteiger partial charge in [0.2, 0.25) is 0 Å². The largest absolute Gasteiger partial charge is 0.308 e. The van der Waals surface area contributed by atoms with E-state index in [-0.39, 0.29) is 0 Å². The predicted molar refractivity (Wildman–Crippen MR) is 176 cm³/mol. The van der Waals surface area contributed by atoms with Crippen LogP contribution >= 0.6 is 0 Å². The Morgan fingerprint density at radius 3 is 1.30 bits per heavy atom. The summed E-state index contributed by atoms with van der Waals surface area (Å²) < 4.78 is 2.25. The lowest BCUT2D eigenvalue weighted by Crippen LogP contribution is -1.90. The van der Waals surface area contributed by atoms with Gasteiger partial charge >= 0.3 is 0 Å². The molecule has 43 heavy (non-hydrogen) atoms. The zero-order valence-electron chi connectivity index (χ0n) is 23.0. The molecule has 2 heterocycles. The Balaban J connectivity index is 1.39. The van der Waals surface area contributed by atoms with Gasteiger partial charge in [-0.2, -0.15) is 10.5 Å². The van der Waals surface area contributed by atoms with Gasteiger partial charge in [-0.1, -0.05) is 103 Å². The molecule has 2 aromatic heterocycles. The molecule has 0 aliphatic rings. The molecule has 9 aromatic rings. The topological polar surface area (TPSA) is 52.0 Å². The molecule has 3 nitrogen and oxygen atoms in total. The SMILES string of the molecule is N#Cc1cc2c(cc1-c1cccc3ccccc13)c1cccc3c4cc(-c5cccc6ccccc56)c(C#N)cc4n2c13. The number of hydrogen-bond acceptors (Lipinski definition) is 2. The highest BCUT2D eigenvalue weighted by Crippen LogP contribution is 2.44. The minimum Gasteiger partial charge on any atom is -0.308 e. The fourth-order valence-electron chi connectivity index (χ4n) is 7.12. The summed E-state index contributed by atoms with van der Waals surface area (Å²) in [6, 6.07) is 49.0. The second-order valence-corrected chi connectivity index (χ2v) is 11.1. The van der Waals surface area contributed by atoms with Gasteiger partial charge in [0, 0.05) is 32.7 Å². The van der Waals surface area contributed by atoms with Crippen LogP contribution in [0.25, 0.3) is 81.9 Å². The Labute approximate surface area is 247 Å². The molecule has 0 saturated carbocycles. The smallest absolute Gasteiger partial charge is 0.0998 e. The van der Waals surface area contributed by atoms with E-state index in [0.717, 1.165) is 81.9 Å². The van der Waals surface area contributed by atoms with Gasteiger partial charge in [-0.05, 0) is 56.9 Å². The number of aromatic nitrogens is 1. The van der Waals surface area contributed by atoms with E-state index in [4.69, 9.17) is 0 Å². The average molecular weight is 544 g/mol. The average Bonchev–Trinajstić information content (AvgIpc) is 3.57. The number of rotatable bonds is 2. The molecule has 0 bridgehead atoms. The van der Waals surface area contributed by atoms with Crippen molar-refractivity contribution in [1.82, 2.24) is 4.40 Å². The number of benzene rings is 7.